The second kappa shape index (κ2) is 6.53. The van der Waals surface area contributed by atoms with E-state index in [4.69, 9.17) is 10.5 Å². The highest BCUT2D eigenvalue weighted by atomic mass is 16.5. The minimum Gasteiger partial charge on any atom is -0.466 e. The number of rotatable bonds is 4. The molecule has 4 heteroatoms. The maximum Gasteiger partial charge on any atom is 0.308 e. The summed E-state index contributed by atoms with van der Waals surface area (Å²) in [5, 5.41) is 3.71. The van der Waals surface area contributed by atoms with Crippen LogP contribution in [0.3, 0.4) is 0 Å². The number of hydrogen-bond donors (Lipinski definition) is 2. The second-order valence-corrected chi connectivity index (χ2v) is 5.74. The van der Waals surface area contributed by atoms with Gasteiger partial charge in [0.1, 0.15) is 0 Å². The van der Waals surface area contributed by atoms with Gasteiger partial charge in [-0.05, 0) is 51.9 Å². The predicted octanol–water partition coefficient (Wildman–Crippen LogP) is 1.58. The van der Waals surface area contributed by atoms with E-state index in [1.807, 2.05) is 6.92 Å². The van der Waals surface area contributed by atoms with Gasteiger partial charge in [0.2, 0.25) is 0 Å². The molecule has 2 rings (SSSR count). The first kappa shape index (κ1) is 13.8. The molecule has 0 spiro atoms. The minimum atomic E-state index is -0.00108. The molecule has 104 valence electrons. The summed E-state index contributed by atoms with van der Waals surface area (Å²) >= 11 is 0. The van der Waals surface area contributed by atoms with E-state index in [9.17, 15) is 4.79 Å². The van der Waals surface area contributed by atoms with E-state index < -0.39 is 0 Å². The van der Waals surface area contributed by atoms with Gasteiger partial charge in [-0.3, -0.25) is 4.79 Å². The average molecular weight is 254 g/mol. The molecule has 0 bridgehead atoms. The van der Waals surface area contributed by atoms with Crippen molar-refractivity contribution in [2.24, 2.45) is 11.7 Å². The second-order valence-electron chi connectivity index (χ2n) is 5.74. The summed E-state index contributed by atoms with van der Waals surface area (Å²) in [6.07, 6.45) is 7.58. The third-order valence-corrected chi connectivity index (χ3v) is 4.29. The molecule has 2 aliphatic carbocycles. The van der Waals surface area contributed by atoms with E-state index in [1.165, 1.54) is 6.42 Å². The largest absolute Gasteiger partial charge is 0.466 e. The fourth-order valence-corrected chi connectivity index (χ4v) is 3.26. The molecule has 0 aliphatic heterocycles. The molecule has 0 saturated heterocycles. The van der Waals surface area contributed by atoms with Crippen molar-refractivity contribution >= 4 is 5.97 Å². The molecule has 4 nitrogen and oxygen atoms in total. The van der Waals surface area contributed by atoms with Crippen LogP contribution >= 0.6 is 0 Å². The summed E-state index contributed by atoms with van der Waals surface area (Å²) in [6, 6.07) is 1.56. The molecule has 0 aromatic carbocycles. The normalized spacial score (nSPS) is 36.6. The van der Waals surface area contributed by atoms with Crippen LogP contribution in [-0.2, 0) is 9.53 Å². The summed E-state index contributed by atoms with van der Waals surface area (Å²) in [7, 11) is 0. The number of esters is 1. The fourth-order valence-electron chi connectivity index (χ4n) is 3.26. The number of carbonyl (C=O) groups is 1. The van der Waals surface area contributed by atoms with Crippen LogP contribution in [0.25, 0.3) is 0 Å². The molecule has 0 amide bonds. The SMILES string of the molecule is CCOC(=O)C1CCC(NC2CCC(N)C2)CC1. The van der Waals surface area contributed by atoms with E-state index in [-0.39, 0.29) is 11.9 Å². The quantitative estimate of drug-likeness (QED) is 0.748. The Hall–Kier alpha value is -0.610. The van der Waals surface area contributed by atoms with Crippen LogP contribution in [-0.4, -0.2) is 30.7 Å². The third kappa shape index (κ3) is 3.69. The Labute approximate surface area is 110 Å². The van der Waals surface area contributed by atoms with Gasteiger partial charge >= 0.3 is 5.97 Å². The monoisotopic (exact) mass is 254 g/mol. The van der Waals surface area contributed by atoms with Gasteiger partial charge in [0, 0.05) is 18.1 Å². The van der Waals surface area contributed by atoms with Crippen LogP contribution in [0.15, 0.2) is 0 Å². The Kier molecular flexibility index (Phi) is 5.01. The molecule has 2 atom stereocenters. The fraction of sp³-hybridized carbons (Fsp3) is 0.929. The van der Waals surface area contributed by atoms with Crippen molar-refractivity contribution in [3.63, 3.8) is 0 Å². The molecule has 0 aromatic heterocycles. The third-order valence-electron chi connectivity index (χ3n) is 4.29. The number of nitrogens with one attached hydrogen (secondary N) is 1. The zero-order valence-electron chi connectivity index (χ0n) is 11.4. The first-order valence-corrected chi connectivity index (χ1v) is 7.37. The van der Waals surface area contributed by atoms with Crippen molar-refractivity contribution < 1.29 is 9.53 Å². The molecule has 2 unspecified atom stereocenters. The van der Waals surface area contributed by atoms with Crippen molar-refractivity contribution in [2.45, 2.75) is 70.0 Å². The van der Waals surface area contributed by atoms with E-state index >= 15 is 0 Å². The summed E-state index contributed by atoms with van der Waals surface area (Å²) in [4.78, 5) is 11.6. The van der Waals surface area contributed by atoms with Gasteiger partial charge in [0.15, 0.2) is 0 Å². The van der Waals surface area contributed by atoms with E-state index in [0.717, 1.165) is 38.5 Å². The van der Waals surface area contributed by atoms with Gasteiger partial charge in [-0.25, -0.2) is 0 Å². The Bertz CT molecular complexity index is 275. The molecule has 0 aromatic rings. The van der Waals surface area contributed by atoms with Crippen LogP contribution in [0.5, 0.6) is 0 Å². The lowest BCUT2D eigenvalue weighted by atomic mass is 9.85. The standard InChI is InChI=1S/C14H26N2O2/c1-2-18-14(17)10-3-6-12(7-4-10)16-13-8-5-11(15)9-13/h10-13,16H,2-9,15H2,1H3. The van der Waals surface area contributed by atoms with Crippen molar-refractivity contribution in [1.29, 1.82) is 0 Å². The highest BCUT2D eigenvalue weighted by molar-refractivity contribution is 5.72. The number of ether oxygens (including phenoxy) is 1. The van der Waals surface area contributed by atoms with Crippen molar-refractivity contribution in [2.75, 3.05) is 6.61 Å². The maximum absolute atomic E-state index is 11.6. The number of carbonyl (C=O) groups excluding carboxylic acids is 1. The molecular formula is C14H26N2O2. The molecule has 0 heterocycles. The van der Waals surface area contributed by atoms with Gasteiger partial charge in [-0.1, -0.05) is 0 Å². The Morgan fingerprint density at radius 1 is 1.17 bits per heavy atom. The highest BCUT2D eigenvalue weighted by Gasteiger charge is 2.29. The first-order chi connectivity index (χ1) is 8.69. The summed E-state index contributed by atoms with van der Waals surface area (Å²) in [6.45, 7) is 2.37. The summed E-state index contributed by atoms with van der Waals surface area (Å²) in [5.74, 6) is 0.132. The molecule has 2 fully saturated rings. The zero-order chi connectivity index (χ0) is 13.0. The summed E-state index contributed by atoms with van der Waals surface area (Å²) < 4.78 is 5.09. The Morgan fingerprint density at radius 2 is 1.83 bits per heavy atom. The lowest BCUT2D eigenvalue weighted by molar-refractivity contribution is -0.149. The summed E-state index contributed by atoms with van der Waals surface area (Å²) in [5.41, 5.74) is 5.92. The van der Waals surface area contributed by atoms with Gasteiger partial charge in [-0.2, -0.15) is 0 Å². The van der Waals surface area contributed by atoms with Crippen molar-refractivity contribution in [3.8, 4) is 0 Å². The Morgan fingerprint density at radius 3 is 2.39 bits per heavy atom. The predicted molar refractivity (Wildman–Crippen MR) is 71.1 cm³/mol. The average Bonchev–Trinajstić information content (AvgIpc) is 2.76. The van der Waals surface area contributed by atoms with Crippen LogP contribution in [0.2, 0.25) is 0 Å². The number of hydrogen-bond acceptors (Lipinski definition) is 4. The van der Waals surface area contributed by atoms with E-state index in [1.54, 1.807) is 0 Å². The zero-order valence-corrected chi connectivity index (χ0v) is 11.4. The van der Waals surface area contributed by atoms with Gasteiger partial charge in [0.25, 0.3) is 0 Å². The highest BCUT2D eigenvalue weighted by Crippen LogP contribution is 2.27. The van der Waals surface area contributed by atoms with Crippen molar-refractivity contribution in [3.05, 3.63) is 0 Å². The van der Waals surface area contributed by atoms with E-state index in [0.29, 0.717) is 24.7 Å². The smallest absolute Gasteiger partial charge is 0.308 e. The van der Waals surface area contributed by atoms with Gasteiger partial charge in [0.05, 0.1) is 12.5 Å². The lowest BCUT2D eigenvalue weighted by Crippen LogP contribution is -2.41. The van der Waals surface area contributed by atoms with Gasteiger partial charge in [-0.15, -0.1) is 0 Å². The Balaban J connectivity index is 1.68. The molecule has 18 heavy (non-hydrogen) atoms. The topological polar surface area (TPSA) is 64.3 Å². The molecule has 0 radical (unpaired) electrons. The van der Waals surface area contributed by atoms with Crippen LogP contribution in [0, 0.1) is 5.92 Å². The van der Waals surface area contributed by atoms with Gasteiger partial charge < -0.3 is 15.8 Å². The molecule has 2 aliphatic rings. The van der Waals surface area contributed by atoms with Crippen LogP contribution in [0.1, 0.15) is 51.9 Å². The molecule has 3 N–H and O–H groups in total. The number of nitrogens with two attached hydrogens (primary N) is 1. The lowest BCUT2D eigenvalue weighted by Gasteiger charge is -2.30. The molecular weight excluding hydrogens is 228 g/mol. The van der Waals surface area contributed by atoms with Crippen LogP contribution in [0.4, 0.5) is 0 Å². The van der Waals surface area contributed by atoms with E-state index in [2.05, 4.69) is 5.32 Å². The maximum atomic E-state index is 11.6. The minimum absolute atomic E-state index is 0.00108. The first-order valence-electron chi connectivity index (χ1n) is 7.37. The van der Waals surface area contributed by atoms with Crippen LogP contribution < -0.4 is 11.1 Å². The van der Waals surface area contributed by atoms with Crippen molar-refractivity contribution in [1.82, 2.24) is 5.32 Å². The molecule has 2 saturated carbocycles.